The molecule has 0 aliphatic heterocycles. The van der Waals surface area contributed by atoms with Crippen molar-refractivity contribution in [3.05, 3.63) is 96.1 Å². The molecule has 0 saturated carbocycles. The van der Waals surface area contributed by atoms with Crippen molar-refractivity contribution >= 4 is 12.4 Å². The van der Waals surface area contributed by atoms with Crippen molar-refractivity contribution in [2.45, 2.75) is 26.2 Å². The lowest BCUT2D eigenvalue weighted by molar-refractivity contribution is -0.688. The van der Waals surface area contributed by atoms with E-state index in [4.69, 9.17) is 19.9 Å². The predicted octanol–water partition coefficient (Wildman–Crippen LogP) is 1.72. The van der Waals surface area contributed by atoms with Gasteiger partial charge in [0.15, 0.2) is 0 Å². The Bertz CT molecular complexity index is 1320. The van der Waals surface area contributed by atoms with Gasteiger partial charge in [0.1, 0.15) is 62.5 Å². The lowest BCUT2D eigenvalue weighted by Gasteiger charge is -2.04. The molecule has 40 heavy (non-hydrogen) atoms. The van der Waals surface area contributed by atoms with Gasteiger partial charge in [-0.25, -0.2) is 18.3 Å². The molecule has 4 N–H and O–H groups in total. The lowest BCUT2D eigenvalue weighted by Crippen LogP contribution is -2.31. The van der Waals surface area contributed by atoms with Crippen LogP contribution >= 0.6 is 0 Å². The summed E-state index contributed by atoms with van der Waals surface area (Å²) in [5.41, 5.74) is 2.87. The first-order valence-corrected chi connectivity index (χ1v) is 12.8. The van der Waals surface area contributed by atoms with Gasteiger partial charge in [0.25, 0.3) is 0 Å². The maximum Gasteiger partial charge on any atom is 0.244 e. The van der Waals surface area contributed by atoms with E-state index < -0.39 is 0 Å². The first-order valence-electron chi connectivity index (χ1n) is 12.8. The number of rotatable bonds is 15. The Kier molecular flexibility index (Phi) is 10.2. The molecule has 0 spiro atoms. The molecule has 2 aromatic carbocycles. The summed E-state index contributed by atoms with van der Waals surface area (Å²) in [6.45, 7) is 4.81. The number of oxime groups is 2. The Balaban J connectivity index is 1.09. The van der Waals surface area contributed by atoms with Gasteiger partial charge in [0, 0.05) is 11.1 Å². The van der Waals surface area contributed by atoms with E-state index in [1.54, 1.807) is 24.3 Å². The minimum atomic E-state index is 0.0657. The summed E-state index contributed by atoms with van der Waals surface area (Å²) < 4.78 is 19.5. The summed E-state index contributed by atoms with van der Waals surface area (Å²) in [4.78, 5) is 0. The number of hydrogen-bond donors (Lipinski definition) is 4. The zero-order valence-corrected chi connectivity index (χ0v) is 22.0. The number of ether oxygens (including phenoxy) is 2. The van der Waals surface area contributed by atoms with Crippen LogP contribution in [-0.2, 0) is 35.7 Å². The predicted molar refractivity (Wildman–Crippen MR) is 144 cm³/mol. The molecule has 4 rings (SSSR count). The van der Waals surface area contributed by atoms with Crippen molar-refractivity contribution in [3.63, 3.8) is 0 Å². The average molecular weight is 551 g/mol. The van der Waals surface area contributed by atoms with Crippen LogP contribution in [0.5, 0.6) is 11.5 Å². The third-order valence-electron chi connectivity index (χ3n) is 6.16. The second kappa shape index (κ2) is 14.5. The maximum absolute atomic E-state index is 9.80. The summed E-state index contributed by atoms with van der Waals surface area (Å²) >= 11 is 0. The number of aromatic hydroxyl groups is 2. The standard InChI is InChI=1S/C28H32N6O6/c35-27-3-1-23(15-25(27)17-29-37)19-33-7-5-31(21-33)9-11-39-13-14-40-12-10-32-6-8-34(22-32)20-24-2-4-28(36)26(16-24)18-30-38/h1-8,15-18,21-22H,9-14,19-20H2,(H2-2,29,30,35,36,37,38)/p+2. The summed E-state index contributed by atoms with van der Waals surface area (Å²) in [6.07, 6.45) is 14.3. The van der Waals surface area contributed by atoms with Gasteiger partial charge in [0.2, 0.25) is 12.7 Å². The van der Waals surface area contributed by atoms with E-state index in [1.807, 2.05) is 67.8 Å². The number of phenols is 2. The minimum Gasteiger partial charge on any atom is -0.507 e. The second-order valence-corrected chi connectivity index (χ2v) is 9.15. The van der Waals surface area contributed by atoms with Gasteiger partial charge >= 0.3 is 0 Å². The smallest absolute Gasteiger partial charge is 0.244 e. The quantitative estimate of drug-likeness (QED) is 0.0584. The summed E-state index contributed by atoms with van der Waals surface area (Å²) in [5.74, 6) is 0.131. The molecule has 0 radical (unpaired) electrons. The highest BCUT2D eigenvalue weighted by atomic mass is 16.5. The summed E-state index contributed by atoms with van der Waals surface area (Å²) in [5, 5.41) is 43.0. The van der Waals surface area contributed by atoms with Crippen molar-refractivity contribution in [1.82, 2.24) is 9.13 Å². The van der Waals surface area contributed by atoms with Gasteiger partial charge in [-0.1, -0.05) is 22.4 Å². The molecular weight excluding hydrogens is 516 g/mol. The van der Waals surface area contributed by atoms with Crippen LogP contribution in [0.3, 0.4) is 0 Å². The van der Waals surface area contributed by atoms with Gasteiger partial charge in [-0.15, -0.1) is 0 Å². The van der Waals surface area contributed by atoms with Crippen molar-refractivity contribution in [2.24, 2.45) is 10.3 Å². The molecule has 0 aliphatic carbocycles. The zero-order chi connectivity index (χ0) is 28.2. The van der Waals surface area contributed by atoms with Gasteiger partial charge in [-0.05, 0) is 35.4 Å². The largest absolute Gasteiger partial charge is 0.507 e. The van der Waals surface area contributed by atoms with E-state index in [-0.39, 0.29) is 11.5 Å². The fourth-order valence-corrected chi connectivity index (χ4v) is 4.15. The van der Waals surface area contributed by atoms with Crippen LogP contribution in [0.4, 0.5) is 0 Å². The molecule has 0 unspecified atom stereocenters. The Hall–Kier alpha value is -4.68. The van der Waals surface area contributed by atoms with E-state index in [0.29, 0.717) is 63.7 Å². The highest BCUT2D eigenvalue weighted by molar-refractivity contribution is 5.83. The normalized spacial score (nSPS) is 11.7. The molecule has 210 valence electrons. The number of hydrogen-bond acceptors (Lipinski definition) is 8. The van der Waals surface area contributed by atoms with Gasteiger partial charge in [-0.3, -0.25) is 0 Å². The van der Waals surface area contributed by atoms with Crippen LogP contribution in [-0.4, -0.2) is 68.6 Å². The van der Waals surface area contributed by atoms with Crippen molar-refractivity contribution in [1.29, 1.82) is 0 Å². The van der Waals surface area contributed by atoms with Crippen LogP contribution in [0.15, 0.2) is 84.2 Å². The van der Waals surface area contributed by atoms with Crippen molar-refractivity contribution in [3.8, 4) is 11.5 Å². The monoisotopic (exact) mass is 550 g/mol. The Labute approximate surface area is 231 Å². The molecule has 0 fully saturated rings. The Morgan fingerprint density at radius 3 is 1.55 bits per heavy atom. The fourth-order valence-electron chi connectivity index (χ4n) is 4.15. The molecule has 4 aromatic rings. The average Bonchev–Trinajstić information content (AvgIpc) is 3.59. The SMILES string of the molecule is O/N=C/c1cc(C[n+]2ccn(CCOCCOCCn3cc[n+](Cc4ccc(O)c(/C=N/O)c4)c3)c2)ccc1O. The first kappa shape index (κ1) is 28.3. The summed E-state index contributed by atoms with van der Waals surface area (Å²) in [6, 6.07) is 10.4. The fraction of sp³-hybridized carbons (Fsp3) is 0.286. The lowest BCUT2D eigenvalue weighted by atomic mass is 10.1. The number of imidazole rings is 2. The molecular formula is C28H34N6O6+2. The third kappa shape index (κ3) is 8.41. The molecule has 0 aliphatic rings. The topological polar surface area (TPSA) is 142 Å². The third-order valence-corrected chi connectivity index (χ3v) is 6.16. The number of nitrogens with zero attached hydrogens (tertiary/aromatic N) is 6. The van der Waals surface area contributed by atoms with Gasteiger partial charge < -0.3 is 30.1 Å². The number of benzene rings is 2. The van der Waals surface area contributed by atoms with Crippen LogP contribution in [0.25, 0.3) is 0 Å². The number of aromatic nitrogens is 4. The van der Waals surface area contributed by atoms with Crippen LogP contribution < -0.4 is 9.13 Å². The van der Waals surface area contributed by atoms with E-state index in [1.165, 1.54) is 12.4 Å². The molecule has 2 aromatic heterocycles. The van der Waals surface area contributed by atoms with Crippen molar-refractivity contribution < 1.29 is 39.2 Å². The van der Waals surface area contributed by atoms with E-state index in [0.717, 1.165) is 11.1 Å². The molecule has 0 atom stereocenters. The van der Waals surface area contributed by atoms with E-state index in [9.17, 15) is 10.2 Å². The Morgan fingerprint density at radius 1 is 0.675 bits per heavy atom. The summed E-state index contributed by atoms with van der Waals surface area (Å²) in [7, 11) is 0. The highest BCUT2D eigenvalue weighted by Crippen LogP contribution is 2.17. The molecule has 12 heteroatoms. The molecule has 12 nitrogen and oxygen atoms in total. The first-order chi connectivity index (χ1) is 19.5. The van der Waals surface area contributed by atoms with Crippen LogP contribution in [0.2, 0.25) is 0 Å². The zero-order valence-electron chi connectivity index (χ0n) is 22.0. The minimum absolute atomic E-state index is 0.0657. The second-order valence-electron chi connectivity index (χ2n) is 9.15. The van der Waals surface area contributed by atoms with Crippen molar-refractivity contribution in [2.75, 3.05) is 26.4 Å². The molecule has 0 bridgehead atoms. The Morgan fingerprint density at radius 2 is 1.12 bits per heavy atom. The molecule has 0 saturated heterocycles. The molecule has 0 amide bonds. The maximum atomic E-state index is 9.80. The van der Waals surface area contributed by atoms with Gasteiger partial charge in [0.05, 0.1) is 38.9 Å². The van der Waals surface area contributed by atoms with Gasteiger partial charge in [-0.2, -0.15) is 0 Å². The number of phenolic OH excluding ortho intramolecular Hbond substituents is 2. The van der Waals surface area contributed by atoms with Crippen LogP contribution in [0.1, 0.15) is 22.3 Å². The van der Waals surface area contributed by atoms with E-state index >= 15 is 0 Å². The van der Waals surface area contributed by atoms with E-state index in [2.05, 4.69) is 10.3 Å². The highest BCUT2D eigenvalue weighted by Gasteiger charge is 2.09. The van der Waals surface area contributed by atoms with Crippen LogP contribution in [0, 0.1) is 0 Å². The molecule has 2 heterocycles.